The van der Waals surface area contributed by atoms with Crippen molar-refractivity contribution in [2.45, 2.75) is 39.7 Å². The van der Waals surface area contributed by atoms with Crippen molar-refractivity contribution in [3.05, 3.63) is 65.5 Å². The number of anilines is 1. The largest absolute Gasteiger partial charge is 0.463 e. The SMILES string of the molecule is Cc1nn(CC(=O)Nc2ccc(C(C)C)cc2)c2nc(-c3ccco3)cc(C(F)F)c12. The van der Waals surface area contributed by atoms with E-state index >= 15 is 0 Å². The van der Waals surface area contributed by atoms with Crippen molar-refractivity contribution in [2.24, 2.45) is 0 Å². The Hall–Kier alpha value is -3.55. The average molecular weight is 424 g/mol. The van der Waals surface area contributed by atoms with Gasteiger partial charge < -0.3 is 9.73 Å². The number of nitrogens with one attached hydrogen (secondary N) is 1. The first-order chi connectivity index (χ1) is 14.8. The summed E-state index contributed by atoms with van der Waals surface area (Å²) in [5, 5.41) is 7.37. The molecule has 0 saturated heterocycles. The third kappa shape index (κ3) is 4.19. The fourth-order valence-corrected chi connectivity index (χ4v) is 3.51. The number of alkyl halides is 2. The predicted molar refractivity (Wildman–Crippen MR) is 114 cm³/mol. The van der Waals surface area contributed by atoms with E-state index in [1.165, 1.54) is 22.6 Å². The molecule has 0 aliphatic carbocycles. The van der Waals surface area contributed by atoms with Gasteiger partial charge in [0.1, 0.15) is 12.2 Å². The third-order valence-electron chi connectivity index (χ3n) is 5.07. The van der Waals surface area contributed by atoms with Crippen LogP contribution in [0.5, 0.6) is 0 Å². The summed E-state index contributed by atoms with van der Waals surface area (Å²) in [5.74, 6) is 0.427. The highest BCUT2D eigenvalue weighted by atomic mass is 19.3. The van der Waals surface area contributed by atoms with E-state index in [1.54, 1.807) is 19.1 Å². The second kappa shape index (κ2) is 8.29. The summed E-state index contributed by atoms with van der Waals surface area (Å²) in [6, 6.07) is 12.2. The van der Waals surface area contributed by atoms with E-state index < -0.39 is 6.43 Å². The molecule has 0 spiro atoms. The Bertz CT molecular complexity index is 1210. The van der Waals surface area contributed by atoms with Gasteiger partial charge in [0.05, 0.1) is 17.3 Å². The molecule has 6 nitrogen and oxygen atoms in total. The van der Waals surface area contributed by atoms with Crippen molar-refractivity contribution in [1.82, 2.24) is 14.8 Å². The Morgan fingerprint density at radius 2 is 1.94 bits per heavy atom. The first kappa shape index (κ1) is 20.7. The lowest BCUT2D eigenvalue weighted by Gasteiger charge is -2.09. The number of hydrogen-bond donors (Lipinski definition) is 1. The minimum atomic E-state index is -2.72. The number of amides is 1. The van der Waals surface area contributed by atoms with Gasteiger partial charge in [0, 0.05) is 11.3 Å². The summed E-state index contributed by atoms with van der Waals surface area (Å²) in [7, 11) is 0. The Morgan fingerprint density at radius 1 is 1.19 bits per heavy atom. The summed E-state index contributed by atoms with van der Waals surface area (Å²) < 4.78 is 34.2. The van der Waals surface area contributed by atoms with E-state index in [0.29, 0.717) is 23.1 Å². The molecule has 31 heavy (non-hydrogen) atoms. The number of carbonyl (C=O) groups excluding carboxylic acids is 1. The molecule has 160 valence electrons. The van der Waals surface area contributed by atoms with Crippen LogP contribution >= 0.6 is 0 Å². The molecule has 8 heteroatoms. The zero-order chi connectivity index (χ0) is 22.1. The fraction of sp³-hybridized carbons (Fsp3) is 0.261. The van der Waals surface area contributed by atoms with Gasteiger partial charge in [0.25, 0.3) is 6.43 Å². The molecule has 1 aromatic carbocycles. The summed E-state index contributed by atoms with van der Waals surface area (Å²) >= 11 is 0. The maximum Gasteiger partial charge on any atom is 0.264 e. The van der Waals surface area contributed by atoms with E-state index in [9.17, 15) is 13.6 Å². The second-order valence-electron chi connectivity index (χ2n) is 7.64. The van der Waals surface area contributed by atoms with E-state index in [1.807, 2.05) is 24.3 Å². The van der Waals surface area contributed by atoms with Crippen LogP contribution in [0.25, 0.3) is 22.5 Å². The standard InChI is InChI=1S/C23H22F2N4O2/c1-13(2)15-6-8-16(9-7-15)26-20(30)12-29-23-21(14(3)28-29)17(22(24)25)11-18(27-23)19-5-4-10-31-19/h4-11,13,22H,12H2,1-3H3,(H,26,30). The molecule has 0 saturated carbocycles. The van der Waals surface area contributed by atoms with Gasteiger partial charge in [-0.15, -0.1) is 0 Å². The van der Waals surface area contributed by atoms with Crippen LogP contribution < -0.4 is 5.32 Å². The topological polar surface area (TPSA) is 73.0 Å². The highest BCUT2D eigenvalue weighted by molar-refractivity contribution is 5.92. The van der Waals surface area contributed by atoms with Crippen LogP contribution in [0.3, 0.4) is 0 Å². The monoisotopic (exact) mass is 424 g/mol. The van der Waals surface area contributed by atoms with Crippen LogP contribution in [0, 0.1) is 6.92 Å². The molecule has 1 N–H and O–H groups in total. The number of furan rings is 1. The first-order valence-electron chi connectivity index (χ1n) is 9.93. The molecule has 0 atom stereocenters. The lowest BCUT2D eigenvalue weighted by Crippen LogP contribution is -2.20. The lowest BCUT2D eigenvalue weighted by molar-refractivity contribution is -0.116. The highest BCUT2D eigenvalue weighted by Gasteiger charge is 2.22. The predicted octanol–water partition coefficient (Wildman–Crippen LogP) is 5.70. The molecule has 1 amide bonds. The van der Waals surface area contributed by atoms with Crippen LogP contribution in [0.15, 0.2) is 53.1 Å². The van der Waals surface area contributed by atoms with Gasteiger partial charge in [0.2, 0.25) is 5.91 Å². The highest BCUT2D eigenvalue weighted by Crippen LogP contribution is 2.33. The fourth-order valence-electron chi connectivity index (χ4n) is 3.51. The molecule has 4 rings (SSSR count). The number of fused-ring (bicyclic) bond motifs is 1. The van der Waals surface area contributed by atoms with Crippen LogP contribution in [0.4, 0.5) is 14.5 Å². The van der Waals surface area contributed by atoms with Crippen molar-refractivity contribution in [2.75, 3.05) is 5.32 Å². The zero-order valence-electron chi connectivity index (χ0n) is 17.4. The smallest absolute Gasteiger partial charge is 0.264 e. The number of aryl methyl sites for hydroxylation is 1. The molecular formula is C23H22F2N4O2. The maximum atomic E-state index is 13.8. The number of benzene rings is 1. The number of rotatable bonds is 6. The Labute approximate surface area is 177 Å². The normalized spacial score (nSPS) is 11.6. The molecule has 0 aliphatic heterocycles. The molecule has 0 radical (unpaired) electrons. The van der Waals surface area contributed by atoms with Gasteiger partial charge in [-0.2, -0.15) is 5.10 Å². The number of aromatic nitrogens is 3. The number of carbonyl (C=O) groups is 1. The number of halogens is 2. The van der Waals surface area contributed by atoms with Crippen molar-refractivity contribution < 1.29 is 18.0 Å². The summed E-state index contributed by atoms with van der Waals surface area (Å²) in [6.45, 7) is 5.65. The lowest BCUT2D eigenvalue weighted by atomic mass is 10.0. The van der Waals surface area contributed by atoms with Gasteiger partial charge in [-0.3, -0.25) is 4.79 Å². The molecule has 3 heterocycles. The zero-order valence-corrected chi connectivity index (χ0v) is 17.4. The second-order valence-corrected chi connectivity index (χ2v) is 7.64. The Kier molecular flexibility index (Phi) is 5.54. The van der Waals surface area contributed by atoms with Gasteiger partial charge >= 0.3 is 0 Å². The van der Waals surface area contributed by atoms with Crippen molar-refractivity contribution >= 4 is 22.6 Å². The van der Waals surface area contributed by atoms with E-state index in [0.717, 1.165) is 0 Å². The van der Waals surface area contributed by atoms with E-state index in [-0.39, 0.29) is 34.7 Å². The summed E-state index contributed by atoms with van der Waals surface area (Å²) in [4.78, 5) is 17.1. The van der Waals surface area contributed by atoms with Crippen LogP contribution in [-0.2, 0) is 11.3 Å². The number of pyridine rings is 1. The molecule has 0 bridgehead atoms. The average Bonchev–Trinajstić information content (AvgIpc) is 3.36. The van der Waals surface area contributed by atoms with Gasteiger partial charge in [-0.05, 0) is 48.7 Å². The van der Waals surface area contributed by atoms with Gasteiger partial charge in [-0.25, -0.2) is 18.4 Å². The van der Waals surface area contributed by atoms with Gasteiger partial charge in [0.15, 0.2) is 11.4 Å². The van der Waals surface area contributed by atoms with E-state index in [2.05, 4.69) is 29.2 Å². The molecule has 0 fully saturated rings. The van der Waals surface area contributed by atoms with Crippen molar-refractivity contribution in [3.8, 4) is 11.5 Å². The molecule has 3 aromatic heterocycles. The first-order valence-corrected chi connectivity index (χ1v) is 9.93. The van der Waals surface area contributed by atoms with E-state index in [4.69, 9.17) is 4.42 Å². The molecule has 0 unspecified atom stereocenters. The minimum Gasteiger partial charge on any atom is -0.463 e. The van der Waals surface area contributed by atoms with Crippen LogP contribution in [-0.4, -0.2) is 20.7 Å². The maximum absolute atomic E-state index is 13.8. The summed E-state index contributed by atoms with van der Waals surface area (Å²) in [5.41, 5.74) is 2.49. The molecule has 4 aromatic rings. The molecule has 0 aliphatic rings. The molecular weight excluding hydrogens is 402 g/mol. The number of nitrogens with zero attached hydrogens (tertiary/aromatic N) is 3. The summed E-state index contributed by atoms with van der Waals surface area (Å²) in [6.07, 6.45) is -1.27. The van der Waals surface area contributed by atoms with Crippen molar-refractivity contribution in [3.63, 3.8) is 0 Å². The Balaban J connectivity index is 1.66. The third-order valence-corrected chi connectivity index (χ3v) is 5.07. The van der Waals surface area contributed by atoms with Crippen LogP contribution in [0.1, 0.15) is 43.0 Å². The van der Waals surface area contributed by atoms with Crippen molar-refractivity contribution in [1.29, 1.82) is 0 Å². The van der Waals surface area contributed by atoms with Gasteiger partial charge in [-0.1, -0.05) is 26.0 Å². The quantitative estimate of drug-likeness (QED) is 0.431. The Morgan fingerprint density at radius 3 is 2.55 bits per heavy atom. The minimum absolute atomic E-state index is 0.159. The van der Waals surface area contributed by atoms with Crippen LogP contribution in [0.2, 0.25) is 0 Å². The number of hydrogen-bond acceptors (Lipinski definition) is 4.